The lowest BCUT2D eigenvalue weighted by atomic mass is 10.2. The number of nitro benzene ring substituents is 2. The Balaban J connectivity index is 1.83. The van der Waals surface area contributed by atoms with Crippen LogP contribution in [0.25, 0.3) is 0 Å². The topological polar surface area (TPSA) is 105 Å². The third-order valence-electron chi connectivity index (χ3n) is 3.06. The van der Waals surface area contributed by atoms with E-state index in [1.165, 1.54) is 12.1 Å². The minimum absolute atomic E-state index is 0.000183. The van der Waals surface area contributed by atoms with E-state index in [1.807, 2.05) is 0 Å². The second-order valence-electron chi connectivity index (χ2n) is 4.59. The molecule has 0 aliphatic carbocycles. The fraction of sp³-hybridized carbons (Fsp3) is 0.143. The van der Waals surface area contributed by atoms with Crippen molar-refractivity contribution < 1.29 is 18.7 Å². The molecule has 0 N–H and O–H groups in total. The van der Waals surface area contributed by atoms with Gasteiger partial charge in [0.2, 0.25) is 0 Å². The van der Waals surface area contributed by atoms with Crippen molar-refractivity contribution in [3.63, 3.8) is 0 Å². The molecule has 9 heteroatoms. The van der Waals surface area contributed by atoms with E-state index in [9.17, 15) is 20.2 Å². The summed E-state index contributed by atoms with van der Waals surface area (Å²) in [6.07, 6.45) is 0. The molecular weight excluding hydrogens is 320 g/mol. The Labute approximate surface area is 134 Å². The van der Waals surface area contributed by atoms with Crippen LogP contribution >= 0.6 is 0 Å². The van der Waals surface area contributed by atoms with Gasteiger partial charge in [0.15, 0.2) is 0 Å². The Morgan fingerprint density at radius 1 is 0.783 bits per heavy atom. The molecule has 0 spiro atoms. The summed E-state index contributed by atoms with van der Waals surface area (Å²) in [7, 11) is -1.40. The Morgan fingerprint density at radius 2 is 1.17 bits per heavy atom. The fourth-order valence-electron chi connectivity index (χ4n) is 1.98. The third kappa shape index (κ3) is 4.68. The molecule has 0 aliphatic heterocycles. The Kier molecular flexibility index (Phi) is 5.92. The minimum Gasteiger partial charge on any atom is -0.394 e. The van der Waals surface area contributed by atoms with Crippen LogP contribution in [0.1, 0.15) is 11.1 Å². The van der Waals surface area contributed by atoms with E-state index in [0.717, 1.165) is 0 Å². The summed E-state index contributed by atoms with van der Waals surface area (Å²) >= 11 is 0. The van der Waals surface area contributed by atoms with E-state index in [1.54, 1.807) is 36.4 Å². The highest BCUT2D eigenvalue weighted by Crippen LogP contribution is 2.19. The van der Waals surface area contributed by atoms with Gasteiger partial charge in [0, 0.05) is 12.1 Å². The minimum atomic E-state index is -1.40. The van der Waals surface area contributed by atoms with Gasteiger partial charge in [-0.2, -0.15) is 0 Å². The lowest BCUT2D eigenvalue weighted by Gasteiger charge is -2.07. The van der Waals surface area contributed by atoms with Crippen LogP contribution in [-0.4, -0.2) is 19.9 Å². The molecular formula is C14H14N2O6Si. The van der Waals surface area contributed by atoms with Crippen molar-refractivity contribution in [1.82, 2.24) is 0 Å². The summed E-state index contributed by atoms with van der Waals surface area (Å²) in [5.74, 6) is 0. The molecule has 0 atom stereocenters. The molecule has 0 saturated heterocycles. The number of nitrogens with zero attached hydrogens (tertiary/aromatic N) is 2. The van der Waals surface area contributed by atoms with Crippen molar-refractivity contribution in [3.8, 4) is 0 Å². The van der Waals surface area contributed by atoms with Gasteiger partial charge in [0.05, 0.1) is 34.2 Å². The largest absolute Gasteiger partial charge is 0.394 e. The zero-order valence-electron chi connectivity index (χ0n) is 12.1. The number of hydrogen-bond donors (Lipinski definition) is 0. The maximum atomic E-state index is 10.9. The van der Waals surface area contributed by atoms with Crippen LogP contribution in [-0.2, 0) is 22.1 Å². The van der Waals surface area contributed by atoms with E-state index < -0.39 is 19.9 Å². The van der Waals surface area contributed by atoms with Gasteiger partial charge in [-0.1, -0.05) is 24.3 Å². The van der Waals surface area contributed by atoms with Gasteiger partial charge in [-0.05, 0) is 12.1 Å². The number of rotatable bonds is 8. The van der Waals surface area contributed by atoms with Crippen molar-refractivity contribution in [3.05, 3.63) is 79.9 Å². The van der Waals surface area contributed by atoms with Crippen LogP contribution < -0.4 is 0 Å². The van der Waals surface area contributed by atoms with Crippen LogP contribution in [0.3, 0.4) is 0 Å². The molecule has 0 aliphatic rings. The monoisotopic (exact) mass is 334 g/mol. The third-order valence-corrected chi connectivity index (χ3v) is 3.80. The highest BCUT2D eigenvalue weighted by atomic mass is 28.3. The first kappa shape index (κ1) is 16.7. The zero-order valence-corrected chi connectivity index (χ0v) is 13.5. The molecule has 0 unspecified atom stereocenters. The predicted octanol–water partition coefficient (Wildman–Crippen LogP) is 2.24. The van der Waals surface area contributed by atoms with E-state index in [-0.39, 0.29) is 24.6 Å². The van der Waals surface area contributed by atoms with Crippen LogP contribution in [0.2, 0.25) is 0 Å². The van der Waals surface area contributed by atoms with Gasteiger partial charge in [0.1, 0.15) is 0 Å². The molecule has 2 rings (SSSR count). The zero-order chi connectivity index (χ0) is 16.7. The van der Waals surface area contributed by atoms with E-state index in [0.29, 0.717) is 11.1 Å². The molecule has 2 aromatic carbocycles. The van der Waals surface area contributed by atoms with Crippen molar-refractivity contribution in [2.75, 3.05) is 0 Å². The van der Waals surface area contributed by atoms with Gasteiger partial charge < -0.3 is 8.85 Å². The number of para-hydroxylation sites is 2. The summed E-state index contributed by atoms with van der Waals surface area (Å²) in [4.78, 5) is 20.8. The highest BCUT2D eigenvalue weighted by molar-refractivity contribution is 6.17. The van der Waals surface area contributed by atoms with Crippen LogP contribution in [0.5, 0.6) is 0 Å². The molecule has 0 saturated carbocycles. The fourth-order valence-corrected chi connectivity index (χ4v) is 2.71. The lowest BCUT2D eigenvalue weighted by molar-refractivity contribution is -0.385. The maximum absolute atomic E-state index is 10.9. The van der Waals surface area contributed by atoms with Crippen molar-refractivity contribution in [2.45, 2.75) is 13.2 Å². The smallest absolute Gasteiger partial charge is 0.305 e. The second-order valence-corrected chi connectivity index (χ2v) is 5.64. The van der Waals surface area contributed by atoms with Gasteiger partial charge in [-0.15, -0.1) is 0 Å². The van der Waals surface area contributed by atoms with E-state index >= 15 is 0 Å². The summed E-state index contributed by atoms with van der Waals surface area (Å²) < 4.78 is 10.7. The Bertz CT molecular complexity index is 650. The van der Waals surface area contributed by atoms with Crippen molar-refractivity contribution >= 4 is 21.4 Å². The first-order valence-corrected chi connectivity index (χ1v) is 7.85. The molecule has 0 amide bonds. The molecule has 120 valence electrons. The van der Waals surface area contributed by atoms with Crippen molar-refractivity contribution in [1.29, 1.82) is 0 Å². The summed E-state index contributed by atoms with van der Waals surface area (Å²) in [5, 5.41) is 21.7. The maximum Gasteiger partial charge on any atom is 0.305 e. The summed E-state index contributed by atoms with van der Waals surface area (Å²) in [6, 6.07) is 12.6. The molecule has 8 nitrogen and oxygen atoms in total. The SMILES string of the molecule is O=[N+]([O-])c1ccccc1CO[SiH2]OCc1ccccc1[N+](=O)[O-]. The highest BCUT2D eigenvalue weighted by Gasteiger charge is 2.13. The normalized spacial score (nSPS) is 10.4. The second kappa shape index (κ2) is 8.13. The van der Waals surface area contributed by atoms with Gasteiger partial charge >= 0.3 is 10.0 Å². The number of nitro groups is 2. The van der Waals surface area contributed by atoms with Gasteiger partial charge in [0.25, 0.3) is 11.4 Å². The average Bonchev–Trinajstić information content (AvgIpc) is 2.55. The predicted molar refractivity (Wildman–Crippen MR) is 84.3 cm³/mol. The molecule has 2 aromatic rings. The molecule has 0 heterocycles. The van der Waals surface area contributed by atoms with Crippen molar-refractivity contribution in [2.24, 2.45) is 0 Å². The van der Waals surface area contributed by atoms with Crippen LogP contribution in [0.4, 0.5) is 11.4 Å². The first-order chi connectivity index (χ1) is 11.1. The summed E-state index contributed by atoms with van der Waals surface area (Å²) in [5.41, 5.74) is 0.943. The molecule has 0 bridgehead atoms. The van der Waals surface area contributed by atoms with Crippen LogP contribution in [0.15, 0.2) is 48.5 Å². The Morgan fingerprint density at radius 3 is 1.57 bits per heavy atom. The van der Waals surface area contributed by atoms with E-state index in [2.05, 4.69) is 0 Å². The summed E-state index contributed by atoms with van der Waals surface area (Å²) in [6.45, 7) is 0.167. The molecule has 0 aromatic heterocycles. The van der Waals surface area contributed by atoms with Crippen LogP contribution in [0, 0.1) is 20.2 Å². The average molecular weight is 334 g/mol. The molecule has 0 fully saturated rings. The standard InChI is InChI=1S/C14H14N2O6Si/c17-15(18)13-7-3-1-5-11(13)9-21-23-22-10-12-6-2-4-8-14(12)16(19)20/h1-8H,9-10,23H2. The molecule has 0 radical (unpaired) electrons. The molecule has 23 heavy (non-hydrogen) atoms. The number of benzene rings is 2. The number of hydrogen-bond acceptors (Lipinski definition) is 6. The van der Waals surface area contributed by atoms with Gasteiger partial charge in [-0.3, -0.25) is 20.2 Å². The quantitative estimate of drug-likeness (QED) is 0.317. The van der Waals surface area contributed by atoms with E-state index in [4.69, 9.17) is 8.85 Å². The first-order valence-electron chi connectivity index (χ1n) is 6.69. The van der Waals surface area contributed by atoms with Gasteiger partial charge in [-0.25, -0.2) is 0 Å². The lowest BCUT2D eigenvalue weighted by Crippen LogP contribution is -2.07. The Hall–Kier alpha value is -2.62.